The number of hydrazone groups is 1. The second-order valence-corrected chi connectivity index (χ2v) is 5.89. The van der Waals surface area contributed by atoms with Crippen LogP contribution in [0.4, 0.5) is 17.6 Å². The number of amides is 1. The maximum atomic E-state index is 13.2. The molecule has 1 heterocycles. The summed E-state index contributed by atoms with van der Waals surface area (Å²) in [6.45, 7) is 0. The van der Waals surface area contributed by atoms with Crippen molar-refractivity contribution >= 4 is 11.6 Å². The molecule has 3 rings (SSSR count). The third kappa shape index (κ3) is 3.50. The second kappa shape index (κ2) is 6.66. The van der Waals surface area contributed by atoms with Gasteiger partial charge in [-0.3, -0.25) is 4.79 Å². The van der Waals surface area contributed by atoms with Gasteiger partial charge in [0.2, 0.25) is 0 Å². The molecule has 0 bridgehead atoms. The minimum Gasteiger partial charge on any atom is -0.497 e. The van der Waals surface area contributed by atoms with Crippen LogP contribution in [0.2, 0.25) is 0 Å². The molecule has 9 heteroatoms. The van der Waals surface area contributed by atoms with Crippen molar-refractivity contribution in [2.24, 2.45) is 5.10 Å². The van der Waals surface area contributed by atoms with Gasteiger partial charge in [0.25, 0.3) is 5.91 Å². The number of carbonyl (C=O) groups is 1. The summed E-state index contributed by atoms with van der Waals surface area (Å²) < 4.78 is 57.7. The van der Waals surface area contributed by atoms with Crippen LogP contribution in [-0.2, 0) is 5.72 Å². The average Bonchev–Trinajstić information content (AvgIpc) is 3.00. The molecule has 2 aromatic rings. The quantitative estimate of drug-likeness (QED) is 0.828. The van der Waals surface area contributed by atoms with E-state index >= 15 is 0 Å². The van der Waals surface area contributed by atoms with Gasteiger partial charge in [0.05, 0.1) is 13.5 Å². The van der Waals surface area contributed by atoms with E-state index in [1.54, 1.807) is 6.07 Å². The Hall–Kier alpha value is -2.94. The zero-order chi connectivity index (χ0) is 19.8. The van der Waals surface area contributed by atoms with Crippen molar-refractivity contribution in [3.63, 3.8) is 0 Å². The van der Waals surface area contributed by atoms with Crippen LogP contribution in [-0.4, -0.2) is 35.0 Å². The summed E-state index contributed by atoms with van der Waals surface area (Å²) in [6.07, 6.45) is -5.81. The maximum Gasteiger partial charge on any atom is 0.431 e. The number of ether oxygens (including phenoxy) is 1. The SMILES string of the molecule is COc1cccc(C(=O)N2N=C(C(F)(F)F)C[C@]2(O)c2ccc(F)cc2)c1. The molecule has 1 aliphatic heterocycles. The number of rotatable bonds is 3. The fraction of sp³-hybridized carbons (Fsp3) is 0.222. The Morgan fingerprint density at radius 2 is 1.89 bits per heavy atom. The highest BCUT2D eigenvalue weighted by Crippen LogP contribution is 2.40. The summed E-state index contributed by atoms with van der Waals surface area (Å²) in [7, 11) is 1.37. The highest BCUT2D eigenvalue weighted by atomic mass is 19.4. The number of carbonyl (C=O) groups excluding carboxylic acids is 1. The summed E-state index contributed by atoms with van der Waals surface area (Å²) in [4.78, 5) is 12.8. The molecule has 0 radical (unpaired) electrons. The van der Waals surface area contributed by atoms with Crippen molar-refractivity contribution < 1.29 is 32.2 Å². The maximum absolute atomic E-state index is 13.2. The summed E-state index contributed by atoms with van der Waals surface area (Å²) in [5.74, 6) is -1.28. The predicted molar refractivity (Wildman–Crippen MR) is 87.6 cm³/mol. The molecule has 1 N–H and O–H groups in total. The predicted octanol–water partition coefficient (Wildman–Crippen LogP) is 3.44. The molecule has 0 aliphatic carbocycles. The van der Waals surface area contributed by atoms with Crippen LogP contribution in [0, 0.1) is 5.82 Å². The monoisotopic (exact) mass is 382 g/mol. The Labute approximate surface area is 151 Å². The van der Waals surface area contributed by atoms with Crippen molar-refractivity contribution in [2.75, 3.05) is 7.11 Å². The van der Waals surface area contributed by atoms with Crippen LogP contribution >= 0.6 is 0 Å². The van der Waals surface area contributed by atoms with Gasteiger partial charge in [0.15, 0.2) is 5.72 Å². The number of hydrogen-bond acceptors (Lipinski definition) is 4. The van der Waals surface area contributed by atoms with E-state index in [1.807, 2.05) is 0 Å². The molecule has 0 unspecified atom stereocenters. The zero-order valence-corrected chi connectivity index (χ0v) is 14.0. The molecule has 1 amide bonds. The number of alkyl halides is 3. The minimum atomic E-state index is -4.84. The average molecular weight is 382 g/mol. The topological polar surface area (TPSA) is 62.1 Å². The highest BCUT2D eigenvalue weighted by molar-refractivity contribution is 6.00. The number of methoxy groups -OCH3 is 1. The van der Waals surface area contributed by atoms with Crippen molar-refractivity contribution in [2.45, 2.75) is 18.3 Å². The van der Waals surface area contributed by atoms with Gasteiger partial charge in [-0.05, 0) is 30.3 Å². The van der Waals surface area contributed by atoms with Crippen molar-refractivity contribution in [1.82, 2.24) is 5.01 Å². The first-order valence-corrected chi connectivity index (χ1v) is 7.77. The standard InChI is InChI=1S/C18H14F4N2O3/c1-27-14-4-2-3-11(9-14)16(25)24-17(26,10-15(23-24)18(20,21)22)12-5-7-13(19)8-6-12/h2-9,26H,10H2,1H3/t17-/m0/s1. The molecule has 5 nitrogen and oxygen atoms in total. The molecule has 1 aliphatic rings. The van der Waals surface area contributed by atoms with Gasteiger partial charge in [0, 0.05) is 11.1 Å². The number of nitrogens with zero attached hydrogens (tertiary/aromatic N) is 2. The first kappa shape index (κ1) is 18.8. The Morgan fingerprint density at radius 1 is 1.22 bits per heavy atom. The van der Waals surface area contributed by atoms with Crippen molar-refractivity contribution in [3.8, 4) is 5.75 Å². The molecule has 2 aromatic carbocycles. The summed E-state index contributed by atoms with van der Waals surface area (Å²) in [5, 5.41) is 14.6. The Balaban J connectivity index is 2.07. The van der Waals surface area contributed by atoms with Gasteiger partial charge in [-0.15, -0.1) is 0 Å². The third-order valence-corrected chi connectivity index (χ3v) is 4.13. The van der Waals surface area contributed by atoms with Gasteiger partial charge in [0.1, 0.15) is 17.3 Å². The van der Waals surface area contributed by atoms with E-state index in [2.05, 4.69) is 5.10 Å². The first-order valence-electron chi connectivity index (χ1n) is 7.77. The Morgan fingerprint density at radius 3 is 2.48 bits per heavy atom. The van der Waals surface area contributed by atoms with E-state index in [4.69, 9.17) is 4.74 Å². The Bertz CT molecular complexity index is 896. The molecular formula is C18H14F4N2O3. The smallest absolute Gasteiger partial charge is 0.431 e. The zero-order valence-electron chi connectivity index (χ0n) is 14.0. The Kier molecular flexibility index (Phi) is 4.64. The molecule has 142 valence electrons. The van der Waals surface area contributed by atoms with E-state index in [0.717, 1.165) is 24.3 Å². The summed E-state index contributed by atoms with van der Waals surface area (Å²) in [5.41, 5.74) is -3.84. The number of halogens is 4. The highest BCUT2D eigenvalue weighted by Gasteiger charge is 2.53. The molecule has 1 atom stereocenters. The van der Waals surface area contributed by atoms with E-state index in [1.165, 1.54) is 25.3 Å². The molecule has 0 saturated carbocycles. The van der Waals surface area contributed by atoms with Crippen LogP contribution < -0.4 is 4.74 Å². The van der Waals surface area contributed by atoms with E-state index in [9.17, 15) is 27.5 Å². The van der Waals surface area contributed by atoms with E-state index in [0.29, 0.717) is 10.8 Å². The lowest BCUT2D eigenvalue weighted by molar-refractivity contribution is -0.0816. The minimum absolute atomic E-state index is 0.0259. The summed E-state index contributed by atoms with van der Waals surface area (Å²) in [6, 6.07) is 9.88. The van der Waals surface area contributed by atoms with E-state index in [-0.39, 0.29) is 11.1 Å². The third-order valence-electron chi connectivity index (χ3n) is 4.13. The first-order chi connectivity index (χ1) is 12.6. The second-order valence-electron chi connectivity index (χ2n) is 5.89. The van der Waals surface area contributed by atoms with Crippen LogP contribution in [0.1, 0.15) is 22.3 Å². The van der Waals surface area contributed by atoms with Crippen LogP contribution in [0.5, 0.6) is 5.75 Å². The van der Waals surface area contributed by atoms with Gasteiger partial charge in [-0.25, -0.2) is 4.39 Å². The fourth-order valence-electron chi connectivity index (χ4n) is 2.74. The van der Waals surface area contributed by atoms with Crippen molar-refractivity contribution in [1.29, 1.82) is 0 Å². The normalized spacial score (nSPS) is 19.8. The molecule has 0 fully saturated rings. The lowest BCUT2D eigenvalue weighted by Crippen LogP contribution is -2.43. The van der Waals surface area contributed by atoms with Crippen LogP contribution in [0.3, 0.4) is 0 Å². The molecule has 0 aromatic heterocycles. The molecule has 27 heavy (non-hydrogen) atoms. The molecular weight excluding hydrogens is 368 g/mol. The van der Waals surface area contributed by atoms with Gasteiger partial charge >= 0.3 is 6.18 Å². The van der Waals surface area contributed by atoms with Gasteiger partial charge in [-0.1, -0.05) is 18.2 Å². The van der Waals surface area contributed by atoms with Crippen LogP contribution in [0.25, 0.3) is 0 Å². The number of hydrogen-bond donors (Lipinski definition) is 1. The van der Waals surface area contributed by atoms with Gasteiger partial charge in [-0.2, -0.15) is 23.3 Å². The molecule has 0 spiro atoms. The van der Waals surface area contributed by atoms with Crippen molar-refractivity contribution in [3.05, 3.63) is 65.5 Å². The largest absolute Gasteiger partial charge is 0.497 e. The van der Waals surface area contributed by atoms with Crippen LogP contribution in [0.15, 0.2) is 53.6 Å². The number of benzene rings is 2. The number of aliphatic hydroxyl groups is 1. The van der Waals surface area contributed by atoms with Gasteiger partial charge < -0.3 is 9.84 Å². The van der Waals surface area contributed by atoms with E-state index < -0.39 is 35.8 Å². The lowest BCUT2D eigenvalue weighted by Gasteiger charge is -2.31. The summed E-state index contributed by atoms with van der Waals surface area (Å²) >= 11 is 0. The lowest BCUT2D eigenvalue weighted by atomic mass is 9.96. The fourth-order valence-corrected chi connectivity index (χ4v) is 2.74. The molecule has 0 saturated heterocycles.